The van der Waals surface area contributed by atoms with Gasteiger partial charge in [0.2, 0.25) is 5.55 Å². The number of nitrogens with zero attached hydrogens (tertiary/aromatic N) is 2. The number of benzene rings is 4. The van der Waals surface area contributed by atoms with E-state index in [4.69, 9.17) is 9.83 Å². The van der Waals surface area contributed by atoms with E-state index in [0.29, 0.717) is 17.0 Å². The molecule has 34 heavy (non-hydrogen) atoms. The first-order chi connectivity index (χ1) is 16.7. The largest absolute Gasteiger partial charge is 0.438 e. The van der Waals surface area contributed by atoms with Crippen LogP contribution in [0.25, 0.3) is 33.4 Å². The molecule has 5 heteroatoms. The van der Waals surface area contributed by atoms with Crippen molar-refractivity contribution in [3.63, 3.8) is 0 Å². The highest BCUT2D eigenvalue weighted by Gasteiger charge is 2.15. The van der Waals surface area contributed by atoms with Crippen LogP contribution in [0.4, 0.5) is 17.1 Å². The number of nitrogens with one attached hydrogen (secondary N) is 2. The molecule has 0 atom stereocenters. The topological polar surface area (TPSA) is 68.9 Å². The number of hydrogen-bond acceptors (Lipinski definition) is 4. The lowest BCUT2D eigenvalue weighted by atomic mass is 10.1. The normalized spacial score (nSPS) is 11.2. The van der Waals surface area contributed by atoms with Gasteiger partial charge in [0.05, 0.1) is 16.6 Å². The molecule has 2 aromatic heterocycles. The van der Waals surface area contributed by atoms with Gasteiger partial charge in [-0.2, -0.15) is 0 Å². The van der Waals surface area contributed by atoms with Crippen LogP contribution >= 0.6 is 0 Å². The van der Waals surface area contributed by atoms with Crippen molar-refractivity contribution in [1.82, 2.24) is 9.97 Å². The Morgan fingerprint density at radius 2 is 1.47 bits per heavy atom. The standard InChI is InChI=1S/C29H22N4O/c1-19-11-14-22(15-12-19)33(21-7-3-2-4-8-21)23-16-13-20-17-24(28(30)34-27(20)18-23)29-31-25-9-5-6-10-26(25)32-29/h2-18,30H,1H3,(H,31,32). The van der Waals surface area contributed by atoms with Crippen LogP contribution in [0.2, 0.25) is 0 Å². The van der Waals surface area contributed by atoms with Crippen LogP contribution in [-0.4, -0.2) is 9.97 Å². The van der Waals surface area contributed by atoms with Crippen molar-refractivity contribution in [3.05, 3.63) is 114 Å². The van der Waals surface area contributed by atoms with Crippen molar-refractivity contribution in [2.45, 2.75) is 6.92 Å². The molecule has 0 radical (unpaired) electrons. The highest BCUT2D eigenvalue weighted by atomic mass is 16.3. The van der Waals surface area contributed by atoms with Crippen LogP contribution < -0.4 is 10.5 Å². The molecule has 0 aliphatic carbocycles. The third-order valence-electron chi connectivity index (χ3n) is 5.96. The summed E-state index contributed by atoms with van der Waals surface area (Å²) in [4.78, 5) is 10.1. The van der Waals surface area contributed by atoms with Crippen molar-refractivity contribution in [2.24, 2.45) is 0 Å². The predicted octanol–water partition coefficient (Wildman–Crippen LogP) is 7.23. The molecule has 6 aromatic rings. The van der Waals surface area contributed by atoms with Gasteiger partial charge in [-0.1, -0.05) is 48.0 Å². The van der Waals surface area contributed by atoms with Gasteiger partial charge in [-0.15, -0.1) is 0 Å². The van der Waals surface area contributed by atoms with Crippen molar-refractivity contribution in [1.29, 1.82) is 5.41 Å². The van der Waals surface area contributed by atoms with Crippen LogP contribution in [-0.2, 0) is 0 Å². The fourth-order valence-corrected chi connectivity index (χ4v) is 4.23. The van der Waals surface area contributed by atoms with E-state index in [1.165, 1.54) is 5.56 Å². The molecule has 0 amide bonds. The number of hydrogen-bond donors (Lipinski definition) is 2. The summed E-state index contributed by atoms with van der Waals surface area (Å²) in [5, 5.41) is 9.46. The molecule has 0 spiro atoms. The number of aromatic amines is 1. The van der Waals surface area contributed by atoms with E-state index in [1.54, 1.807) is 0 Å². The van der Waals surface area contributed by atoms with Crippen LogP contribution in [0.15, 0.2) is 108 Å². The first-order valence-corrected chi connectivity index (χ1v) is 11.2. The average Bonchev–Trinajstić information content (AvgIpc) is 3.30. The van der Waals surface area contributed by atoms with Gasteiger partial charge < -0.3 is 14.3 Å². The monoisotopic (exact) mass is 442 g/mol. The van der Waals surface area contributed by atoms with E-state index >= 15 is 0 Å². The average molecular weight is 443 g/mol. The number of fused-ring (bicyclic) bond motifs is 2. The van der Waals surface area contributed by atoms with Gasteiger partial charge in [-0.05, 0) is 61.5 Å². The summed E-state index contributed by atoms with van der Waals surface area (Å²) < 4.78 is 6.00. The van der Waals surface area contributed by atoms with E-state index in [0.717, 1.165) is 33.5 Å². The Bertz CT molecular complexity index is 1650. The Labute approximate surface area is 196 Å². The van der Waals surface area contributed by atoms with Gasteiger partial charge in [-0.3, -0.25) is 5.41 Å². The quantitative estimate of drug-likeness (QED) is 0.302. The molecule has 4 aromatic carbocycles. The molecule has 164 valence electrons. The van der Waals surface area contributed by atoms with Crippen molar-refractivity contribution >= 4 is 39.1 Å². The molecule has 5 nitrogen and oxygen atoms in total. The van der Waals surface area contributed by atoms with Gasteiger partial charge in [0.1, 0.15) is 11.4 Å². The summed E-state index contributed by atoms with van der Waals surface area (Å²) in [6, 6.07) is 34.6. The van der Waals surface area contributed by atoms with Gasteiger partial charge in [0.15, 0.2) is 0 Å². The van der Waals surface area contributed by atoms with Gasteiger partial charge in [0, 0.05) is 28.5 Å². The van der Waals surface area contributed by atoms with Crippen LogP contribution in [0.3, 0.4) is 0 Å². The molecule has 0 aliphatic rings. The minimum absolute atomic E-state index is 0.0744. The second-order valence-electron chi connectivity index (χ2n) is 8.32. The number of para-hydroxylation sites is 3. The molecule has 0 saturated carbocycles. The van der Waals surface area contributed by atoms with Crippen LogP contribution in [0.5, 0.6) is 0 Å². The fourth-order valence-electron chi connectivity index (χ4n) is 4.23. The lowest BCUT2D eigenvalue weighted by molar-refractivity contribution is 0.535. The summed E-state index contributed by atoms with van der Waals surface area (Å²) in [5.41, 5.74) is 7.43. The lowest BCUT2D eigenvalue weighted by Crippen LogP contribution is -2.10. The molecule has 2 heterocycles. The Morgan fingerprint density at radius 1 is 0.765 bits per heavy atom. The predicted molar refractivity (Wildman–Crippen MR) is 137 cm³/mol. The highest BCUT2D eigenvalue weighted by molar-refractivity contribution is 5.88. The van der Waals surface area contributed by atoms with Crippen molar-refractivity contribution < 1.29 is 4.42 Å². The van der Waals surface area contributed by atoms with E-state index < -0.39 is 0 Å². The number of imidazole rings is 1. The Morgan fingerprint density at radius 3 is 2.26 bits per heavy atom. The van der Waals surface area contributed by atoms with Gasteiger partial charge >= 0.3 is 0 Å². The minimum Gasteiger partial charge on any atom is -0.438 e. The third-order valence-corrected chi connectivity index (χ3v) is 5.96. The highest BCUT2D eigenvalue weighted by Crippen LogP contribution is 2.36. The first kappa shape index (κ1) is 20.0. The number of H-pyrrole nitrogens is 1. The molecular formula is C29H22N4O. The van der Waals surface area contributed by atoms with Gasteiger partial charge in [0.25, 0.3) is 0 Å². The van der Waals surface area contributed by atoms with Crippen LogP contribution in [0.1, 0.15) is 5.56 Å². The molecule has 2 N–H and O–H groups in total. The summed E-state index contributed by atoms with van der Waals surface area (Å²) in [6.07, 6.45) is 0. The Kier molecular flexibility index (Phi) is 4.73. The molecule has 0 unspecified atom stereocenters. The summed E-state index contributed by atoms with van der Waals surface area (Å²) in [5.74, 6) is 0.631. The maximum Gasteiger partial charge on any atom is 0.223 e. The van der Waals surface area contributed by atoms with Gasteiger partial charge in [-0.25, -0.2) is 4.98 Å². The van der Waals surface area contributed by atoms with Crippen molar-refractivity contribution in [2.75, 3.05) is 4.90 Å². The maximum atomic E-state index is 8.55. The second-order valence-corrected chi connectivity index (χ2v) is 8.32. The van der Waals surface area contributed by atoms with Crippen LogP contribution in [0, 0.1) is 12.3 Å². The molecule has 6 rings (SSSR count). The lowest BCUT2D eigenvalue weighted by Gasteiger charge is -2.25. The second kappa shape index (κ2) is 8.05. The molecule has 0 bridgehead atoms. The molecule has 0 saturated heterocycles. The summed E-state index contributed by atoms with van der Waals surface area (Å²) >= 11 is 0. The SMILES string of the molecule is Cc1ccc(N(c2ccccc2)c2ccc3cc(-c4nc5ccccc5[nH]4)c(=N)oc3c2)cc1. The van der Waals surface area contributed by atoms with E-state index in [1.807, 2.05) is 60.7 Å². The number of aryl methyl sites for hydroxylation is 1. The first-order valence-electron chi connectivity index (χ1n) is 11.2. The summed E-state index contributed by atoms with van der Waals surface area (Å²) in [6.45, 7) is 2.08. The molecule has 0 fully saturated rings. The van der Waals surface area contributed by atoms with E-state index in [2.05, 4.69) is 64.3 Å². The van der Waals surface area contributed by atoms with E-state index in [9.17, 15) is 0 Å². The Balaban J connectivity index is 1.47. The van der Waals surface area contributed by atoms with Crippen molar-refractivity contribution in [3.8, 4) is 11.4 Å². The van der Waals surface area contributed by atoms with E-state index in [-0.39, 0.29) is 5.55 Å². The molecular weight excluding hydrogens is 420 g/mol. The minimum atomic E-state index is 0.0744. The smallest absolute Gasteiger partial charge is 0.223 e. The maximum absolute atomic E-state index is 8.55. The number of rotatable bonds is 4. The fraction of sp³-hybridized carbons (Fsp3) is 0.0345. The zero-order valence-electron chi connectivity index (χ0n) is 18.6. The Hall–Kier alpha value is -4.64. The third kappa shape index (κ3) is 3.53. The zero-order chi connectivity index (χ0) is 23.1. The number of anilines is 3. The molecule has 0 aliphatic heterocycles. The number of aromatic nitrogens is 2. The zero-order valence-corrected chi connectivity index (χ0v) is 18.6. The summed E-state index contributed by atoms with van der Waals surface area (Å²) in [7, 11) is 0.